The molecule has 0 aliphatic rings. The standard InChI is InChI=1S/C16H24N2O4/c1-10(2)8-13(15(20)22-5)18-9-12(6-7-19)14(11(3)4)17-16(18)21/h7,9-11,13H,6,8H2,1-5H3/t13-/m0/s1. The fourth-order valence-corrected chi connectivity index (χ4v) is 2.40. The van der Waals surface area contributed by atoms with Crippen molar-refractivity contribution in [2.24, 2.45) is 5.92 Å². The predicted octanol–water partition coefficient (Wildman–Crippen LogP) is 1.87. The highest BCUT2D eigenvalue weighted by atomic mass is 16.5. The first kappa shape index (κ1) is 18.1. The van der Waals surface area contributed by atoms with Gasteiger partial charge in [-0.1, -0.05) is 27.7 Å². The van der Waals surface area contributed by atoms with Crippen LogP contribution in [0.5, 0.6) is 0 Å². The zero-order valence-corrected chi connectivity index (χ0v) is 13.8. The molecule has 22 heavy (non-hydrogen) atoms. The second-order valence-corrected chi connectivity index (χ2v) is 6.04. The smallest absolute Gasteiger partial charge is 0.348 e. The van der Waals surface area contributed by atoms with Gasteiger partial charge < -0.3 is 9.53 Å². The van der Waals surface area contributed by atoms with E-state index in [1.807, 2.05) is 27.7 Å². The van der Waals surface area contributed by atoms with Crippen molar-refractivity contribution in [1.82, 2.24) is 9.55 Å². The van der Waals surface area contributed by atoms with Crippen LogP contribution in [-0.2, 0) is 20.7 Å². The van der Waals surface area contributed by atoms with Gasteiger partial charge in [0.25, 0.3) is 0 Å². The average Bonchev–Trinajstić information content (AvgIpc) is 2.45. The lowest BCUT2D eigenvalue weighted by molar-refractivity contribution is -0.145. The SMILES string of the molecule is COC(=O)[C@H](CC(C)C)n1cc(CC=O)c(C(C)C)nc1=O. The van der Waals surface area contributed by atoms with E-state index >= 15 is 0 Å². The molecule has 1 atom stereocenters. The second kappa shape index (κ2) is 7.87. The first-order chi connectivity index (χ1) is 10.3. The molecular formula is C16H24N2O4. The average molecular weight is 308 g/mol. The Morgan fingerprint density at radius 3 is 2.45 bits per heavy atom. The minimum Gasteiger partial charge on any atom is -0.467 e. The summed E-state index contributed by atoms with van der Waals surface area (Å²) < 4.78 is 6.09. The van der Waals surface area contributed by atoms with Gasteiger partial charge in [-0.15, -0.1) is 0 Å². The van der Waals surface area contributed by atoms with E-state index in [1.54, 1.807) is 6.20 Å². The third-order valence-electron chi connectivity index (χ3n) is 3.41. The number of aldehydes is 1. The first-order valence-corrected chi connectivity index (χ1v) is 7.45. The summed E-state index contributed by atoms with van der Waals surface area (Å²) in [5.41, 5.74) is 0.776. The van der Waals surface area contributed by atoms with Crippen molar-refractivity contribution in [3.05, 3.63) is 27.9 Å². The Bertz CT molecular complexity index is 590. The maximum Gasteiger partial charge on any atom is 0.348 e. The minimum absolute atomic E-state index is 0.0268. The van der Waals surface area contributed by atoms with E-state index in [2.05, 4.69) is 4.98 Å². The molecular weight excluding hydrogens is 284 g/mol. The quantitative estimate of drug-likeness (QED) is 0.567. The van der Waals surface area contributed by atoms with Crippen LogP contribution in [-0.4, -0.2) is 28.9 Å². The summed E-state index contributed by atoms with van der Waals surface area (Å²) in [5.74, 6) is -0.249. The van der Waals surface area contributed by atoms with Crippen LogP contribution in [0, 0.1) is 5.92 Å². The van der Waals surface area contributed by atoms with E-state index in [1.165, 1.54) is 11.7 Å². The Morgan fingerprint density at radius 2 is 2.00 bits per heavy atom. The molecule has 0 amide bonds. The molecule has 0 fully saturated rings. The molecule has 122 valence electrons. The van der Waals surface area contributed by atoms with Gasteiger partial charge in [-0.3, -0.25) is 4.57 Å². The molecule has 1 heterocycles. The van der Waals surface area contributed by atoms with Crippen LogP contribution in [0.2, 0.25) is 0 Å². The maximum absolute atomic E-state index is 12.3. The topological polar surface area (TPSA) is 78.3 Å². The molecule has 0 aromatic carbocycles. The van der Waals surface area contributed by atoms with Crippen LogP contribution in [0.3, 0.4) is 0 Å². The highest BCUT2D eigenvalue weighted by Crippen LogP contribution is 2.21. The number of hydrogen-bond acceptors (Lipinski definition) is 5. The van der Waals surface area contributed by atoms with Crippen molar-refractivity contribution in [2.45, 2.75) is 52.5 Å². The molecule has 1 aromatic heterocycles. The maximum atomic E-state index is 12.3. The molecule has 6 nitrogen and oxygen atoms in total. The molecule has 0 unspecified atom stereocenters. The normalized spacial score (nSPS) is 12.5. The molecule has 0 radical (unpaired) electrons. The fourth-order valence-electron chi connectivity index (χ4n) is 2.40. The number of rotatable bonds is 7. The van der Waals surface area contributed by atoms with Crippen molar-refractivity contribution in [3.63, 3.8) is 0 Å². The largest absolute Gasteiger partial charge is 0.467 e. The summed E-state index contributed by atoms with van der Waals surface area (Å²) in [6.45, 7) is 7.74. The minimum atomic E-state index is -0.725. The summed E-state index contributed by atoms with van der Waals surface area (Å²) >= 11 is 0. The van der Waals surface area contributed by atoms with E-state index in [-0.39, 0.29) is 18.3 Å². The molecule has 6 heteroatoms. The van der Waals surface area contributed by atoms with Gasteiger partial charge in [-0.05, 0) is 23.8 Å². The molecule has 1 rings (SSSR count). The third kappa shape index (κ3) is 4.26. The second-order valence-electron chi connectivity index (χ2n) is 6.04. The van der Waals surface area contributed by atoms with Gasteiger partial charge in [0.15, 0.2) is 0 Å². The lowest BCUT2D eigenvalue weighted by Crippen LogP contribution is -2.34. The first-order valence-electron chi connectivity index (χ1n) is 7.45. The number of methoxy groups -OCH3 is 1. The van der Waals surface area contributed by atoms with Crippen LogP contribution in [0.15, 0.2) is 11.0 Å². The van der Waals surface area contributed by atoms with Crippen LogP contribution >= 0.6 is 0 Å². The Labute approximate surface area is 130 Å². The van der Waals surface area contributed by atoms with E-state index in [9.17, 15) is 14.4 Å². The van der Waals surface area contributed by atoms with Gasteiger partial charge in [0, 0.05) is 12.6 Å². The molecule has 0 saturated heterocycles. The molecule has 0 aliphatic carbocycles. The van der Waals surface area contributed by atoms with Crippen LogP contribution < -0.4 is 5.69 Å². The van der Waals surface area contributed by atoms with Crippen LogP contribution in [0.1, 0.15) is 57.3 Å². The zero-order valence-electron chi connectivity index (χ0n) is 13.8. The number of carbonyl (C=O) groups is 2. The fraction of sp³-hybridized carbons (Fsp3) is 0.625. The predicted molar refractivity (Wildman–Crippen MR) is 82.9 cm³/mol. The highest BCUT2D eigenvalue weighted by molar-refractivity contribution is 5.74. The van der Waals surface area contributed by atoms with Crippen molar-refractivity contribution in [1.29, 1.82) is 0 Å². The van der Waals surface area contributed by atoms with Gasteiger partial charge in [-0.25, -0.2) is 9.59 Å². The Hall–Kier alpha value is -1.98. The summed E-state index contributed by atoms with van der Waals surface area (Å²) in [6.07, 6.45) is 2.97. The molecule has 1 aromatic rings. The van der Waals surface area contributed by atoms with Gasteiger partial charge in [0.1, 0.15) is 12.3 Å². The van der Waals surface area contributed by atoms with Gasteiger partial charge in [0.2, 0.25) is 0 Å². The monoisotopic (exact) mass is 308 g/mol. The van der Waals surface area contributed by atoms with Crippen molar-refractivity contribution in [2.75, 3.05) is 7.11 Å². The van der Waals surface area contributed by atoms with Crippen molar-refractivity contribution < 1.29 is 14.3 Å². The molecule has 0 saturated carbocycles. The third-order valence-corrected chi connectivity index (χ3v) is 3.41. The number of aromatic nitrogens is 2. The lowest BCUT2D eigenvalue weighted by atomic mass is 10.0. The zero-order chi connectivity index (χ0) is 16.9. The Morgan fingerprint density at radius 1 is 1.36 bits per heavy atom. The number of ether oxygens (including phenoxy) is 1. The Balaban J connectivity index is 3.42. The van der Waals surface area contributed by atoms with E-state index in [0.29, 0.717) is 17.7 Å². The molecule has 0 N–H and O–H groups in total. The van der Waals surface area contributed by atoms with Crippen molar-refractivity contribution in [3.8, 4) is 0 Å². The number of esters is 1. The van der Waals surface area contributed by atoms with Crippen LogP contribution in [0.4, 0.5) is 0 Å². The van der Waals surface area contributed by atoms with E-state index < -0.39 is 17.7 Å². The summed E-state index contributed by atoms with van der Waals surface area (Å²) in [7, 11) is 1.29. The number of nitrogens with zero attached hydrogens (tertiary/aromatic N) is 2. The number of hydrogen-bond donors (Lipinski definition) is 0. The Kier molecular flexibility index (Phi) is 6.46. The van der Waals surface area contributed by atoms with Crippen LogP contribution in [0.25, 0.3) is 0 Å². The van der Waals surface area contributed by atoms with Gasteiger partial charge in [0.05, 0.1) is 12.8 Å². The highest BCUT2D eigenvalue weighted by Gasteiger charge is 2.25. The van der Waals surface area contributed by atoms with E-state index in [4.69, 9.17) is 4.74 Å². The lowest BCUT2D eigenvalue weighted by Gasteiger charge is -2.21. The molecule has 0 spiro atoms. The summed E-state index contributed by atoms with van der Waals surface area (Å²) in [6, 6.07) is -0.725. The molecule has 0 bridgehead atoms. The van der Waals surface area contributed by atoms with Crippen molar-refractivity contribution >= 4 is 12.3 Å². The molecule has 0 aliphatic heterocycles. The summed E-state index contributed by atoms with van der Waals surface area (Å²) in [4.78, 5) is 39.3. The summed E-state index contributed by atoms with van der Waals surface area (Å²) in [5, 5.41) is 0. The van der Waals surface area contributed by atoms with Gasteiger partial charge in [-0.2, -0.15) is 4.98 Å². The van der Waals surface area contributed by atoms with E-state index in [0.717, 1.165) is 6.29 Å². The van der Waals surface area contributed by atoms with Gasteiger partial charge >= 0.3 is 11.7 Å². The number of carbonyl (C=O) groups excluding carboxylic acids is 2.